The molecule has 1 aliphatic heterocycles. The summed E-state index contributed by atoms with van der Waals surface area (Å²) < 4.78 is 0. The van der Waals surface area contributed by atoms with Crippen LogP contribution in [-0.2, 0) is 12.8 Å². The fourth-order valence-corrected chi connectivity index (χ4v) is 3.58. The van der Waals surface area contributed by atoms with E-state index in [1.807, 2.05) is 0 Å². The molecule has 0 aromatic heterocycles. The summed E-state index contributed by atoms with van der Waals surface area (Å²) in [5.41, 5.74) is 4.09. The van der Waals surface area contributed by atoms with Crippen molar-refractivity contribution < 1.29 is 0 Å². The summed E-state index contributed by atoms with van der Waals surface area (Å²) in [5, 5.41) is 7.41. The van der Waals surface area contributed by atoms with Gasteiger partial charge in [-0.25, -0.2) is 0 Å². The number of hydrogen-bond donors (Lipinski definition) is 2. The van der Waals surface area contributed by atoms with Gasteiger partial charge in [-0.05, 0) is 87.6 Å². The Balaban J connectivity index is 1.47. The monoisotopic (exact) mass is 303 g/mol. The van der Waals surface area contributed by atoms with Crippen molar-refractivity contribution in [3.8, 4) is 0 Å². The minimum absolute atomic E-state index is 0.548. The molecule has 21 heavy (non-hydrogen) atoms. The first kappa shape index (κ1) is 14.8. The van der Waals surface area contributed by atoms with E-state index in [4.69, 9.17) is 12.2 Å². The second kappa shape index (κ2) is 6.75. The van der Waals surface area contributed by atoms with Gasteiger partial charge >= 0.3 is 0 Å². The van der Waals surface area contributed by atoms with Gasteiger partial charge in [0.2, 0.25) is 0 Å². The molecule has 0 unspecified atom stereocenters. The van der Waals surface area contributed by atoms with Crippen LogP contribution in [0.5, 0.6) is 0 Å². The maximum atomic E-state index is 5.42. The van der Waals surface area contributed by atoms with E-state index in [0.717, 1.165) is 17.3 Å². The summed E-state index contributed by atoms with van der Waals surface area (Å²) >= 11 is 5.42. The molecule has 1 aliphatic carbocycles. The number of likely N-dealkylation sites (tertiary alicyclic amines) is 1. The second-order valence-corrected chi connectivity index (χ2v) is 6.67. The third-order valence-corrected chi connectivity index (χ3v) is 4.92. The van der Waals surface area contributed by atoms with Crippen molar-refractivity contribution in [2.24, 2.45) is 0 Å². The predicted octanol–water partition coefficient (Wildman–Crippen LogP) is 2.95. The molecule has 1 saturated heterocycles. The highest BCUT2D eigenvalue weighted by molar-refractivity contribution is 7.80. The molecule has 1 aromatic rings. The number of rotatable bonds is 4. The first-order valence-corrected chi connectivity index (χ1v) is 8.54. The van der Waals surface area contributed by atoms with E-state index in [9.17, 15) is 0 Å². The molecule has 0 spiro atoms. The first-order chi connectivity index (χ1) is 10.2. The zero-order chi connectivity index (χ0) is 14.7. The molecular formula is C17H25N3S. The fraction of sp³-hybridized carbons (Fsp3) is 0.588. The summed E-state index contributed by atoms with van der Waals surface area (Å²) in [6.07, 6.45) is 6.39. The molecule has 0 bridgehead atoms. The van der Waals surface area contributed by atoms with Crippen molar-refractivity contribution in [3.05, 3.63) is 29.3 Å². The van der Waals surface area contributed by atoms with Gasteiger partial charge in [-0.15, -0.1) is 0 Å². The van der Waals surface area contributed by atoms with Crippen LogP contribution >= 0.6 is 12.2 Å². The molecule has 0 amide bonds. The van der Waals surface area contributed by atoms with Crippen molar-refractivity contribution in [3.63, 3.8) is 0 Å². The smallest absolute Gasteiger partial charge is 0.170 e. The van der Waals surface area contributed by atoms with Crippen molar-refractivity contribution >= 4 is 23.0 Å². The molecule has 2 aliphatic rings. The van der Waals surface area contributed by atoms with Gasteiger partial charge in [0.25, 0.3) is 0 Å². The van der Waals surface area contributed by atoms with Crippen LogP contribution < -0.4 is 10.6 Å². The largest absolute Gasteiger partial charge is 0.361 e. The van der Waals surface area contributed by atoms with Crippen LogP contribution in [0.2, 0.25) is 0 Å². The molecular weight excluding hydrogens is 278 g/mol. The molecule has 3 nitrogen and oxygen atoms in total. The SMILES string of the molecule is C[C@@H](CNC(=S)Nc1ccc2c(c1)CCC2)N1CCCC1. The van der Waals surface area contributed by atoms with Crippen LogP contribution in [0.25, 0.3) is 0 Å². The molecule has 3 rings (SSSR count). The normalized spacial score (nSPS) is 19.3. The molecule has 4 heteroatoms. The Morgan fingerprint density at radius 1 is 1.19 bits per heavy atom. The number of thiocarbonyl (C=S) groups is 1. The fourth-order valence-electron chi connectivity index (χ4n) is 3.38. The number of aryl methyl sites for hydroxylation is 2. The molecule has 1 atom stereocenters. The third kappa shape index (κ3) is 3.74. The Bertz CT molecular complexity index is 509. The van der Waals surface area contributed by atoms with Crippen molar-refractivity contribution in [2.45, 2.75) is 45.1 Å². The van der Waals surface area contributed by atoms with Gasteiger partial charge in [0.15, 0.2) is 5.11 Å². The number of benzene rings is 1. The molecule has 2 N–H and O–H groups in total. The third-order valence-electron chi connectivity index (χ3n) is 4.68. The topological polar surface area (TPSA) is 27.3 Å². The summed E-state index contributed by atoms with van der Waals surface area (Å²) in [7, 11) is 0. The van der Waals surface area contributed by atoms with Gasteiger partial charge in [0.1, 0.15) is 0 Å². The average molecular weight is 303 g/mol. The Morgan fingerprint density at radius 2 is 1.95 bits per heavy atom. The summed E-state index contributed by atoms with van der Waals surface area (Å²) in [5.74, 6) is 0. The maximum Gasteiger partial charge on any atom is 0.170 e. The molecule has 1 heterocycles. The Kier molecular flexibility index (Phi) is 4.76. The van der Waals surface area contributed by atoms with E-state index < -0.39 is 0 Å². The second-order valence-electron chi connectivity index (χ2n) is 6.26. The Morgan fingerprint density at radius 3 is 2.76 bits per heavy atom. The van der Waals surface area contributed by atoms with E-state index in [0.29, 0.717) is 6.04 Å². The standard InChI is InChI=1S/C17H25N3S/c1-13(20-9-2-3-10-20)12-18-17(21)19-16-8-7-14-5-4-6-15(14)11-16/h7-8,11,13H,2-6,9-10,12H2,1H3,(H2,18,19,21)/t13-/m0/s1. The van der Waals surface area contributed by atoms with Gasteiger partial charge in [0, 0.05) is 18.3 Å². The highest BCUT2D eigenvalue weighted by Gasteiger charge is 2.18. The summed E-state index contributed by atoms with van der Waals surface area (Å²) in [4.78, 5) is 2.53. The number of fused-ring (bicyclic) bond motifs is 1. The molecule has 1 aromatic carbocycles. The number of nitrogens with zero attached hydrogens (tertiary/aromatic N) is 1. The van der Waals surface area contributed by atoms with E-state index in [1.165, 1.54) is 56.3 Å². The van der Waals surface area contributed by atoms with Crippen molar-refractivity contribution in [1.82, 2.24) is 10.2 Å². The van der Waals surface area contributed by atoms with E-state index in [1.54, 1.807) is 0 Å². The van der Waals surface area contributed by atoms with Gasteiger partial charge < -0.3 is 10.6 Å². The highest BCUT2D eigenvalue weighted by atomic mass is 32.1. The lowest BCUT2D eigenvalue weighted by Crippen LogP contribution is -2.42. The van der Waals surface area contributed by atoms with Gasteiger partial charge in [-0.1, -0.05) is 6.07 Å². The van der Waals surface area contributed by atoms with Crippen LogP contribution in [0.3, 0.4) is 0 Å². The molecule has 0 saturated carbocycles. The number of anilines is 1. The van der Waals surface area contributed by atoms with Gasteiger partial charge in [0.05, 0.1) is 0 Å². The minimum atomic E-state index is 0.548. The lowest BCUT2D eigenvalue weighted by molar-refractivity contribution is 0.259. The first-order valence-electron chi connectivity index (χ1n) is 8.13. The van der Waals surface area contributed by atoms with E-state index >= 15 is 0 Å². The van der Waals surface area contributed by atoms with Crippen molar-refractivity contribution in [1.29, 1.82) is 0 Å². The van der Waals surface area contributed by atoms with Crippen molar-refractivity contribution in [2.75, 3.05) is 25.0 Å². The predicted molar refractivity (Wildman–Crippen MR) is 93.0 cm³/mol. The van der Waals surface area contributed by atoms with Crippen LogP contribution in [0.15, 0.2) is 18.2 Å². The van der Waals surface area contributed by atoms with E-state index in [-0.39, 0.29) is 0 Å². The average Bonchev–Trinajstić information content (AvgIpc) is 3.15. The number of hydrogen-bond acceptors (Lipinski definition) is 2. The quantitative estimate of drug-likeness (QED) is 0.836. The zero-order valence-corrected chi connectivity index (χ0v) is 13.6. The molecule has 1 fully saturated rings. The highest BCUT2D eigenvalue weighted by Crippen LogP contribution is 2.24. The Labute approximate surface area is 133 Å². The zero-order valence-electron chi connectivity index (χ0n) is 12.8. The van der Waals surface area contributed by atoms with Crippen LogP contribution in [0.1, 0.15) is 37.3 Å². The maximum absolute atomic E-state index is 5.42. The number of nitrogens with one attached hydrogen (secondary N) is 2. The minimum Gasteiger partial charge on any atom is -0.361 e. The summed E-state index contributed by atoms with van der Waals surface area (Å²) in [6.45, 7) is 5.65. The summed E-state index contributed by atoms with van der Waals surface area (Å²) in [6, 6.07) is 7.18. The van der Waals surface area contributed by atoms with Crippen LogP contribution in [0.4, 0.5) is 5.69 Å². The lowest BCUT2D eigenvalue weighted by atomic mass is 10.1. The van der Waals surface area contributed by atoms with Crippen LogP contribution in [-0.4, -0.2) is 35.7 Å². The van der Waals surface area contributed by atoms with Gasteiger partial charge in [-0.2, -0.15) is 0 Å². The van der Waals surface area contributed by atoms with Gasteiger partial charge in [-0.3, -0.25) is 4.90 Å². The lowest BCUT2D eigenvalue weighted by Gasteiger charge is -2.24. The van der Waals surface area contributed by atoms with Crippen LogP contribution in [0, 0.1) is 0 Å². The molecule has 114 valence electrons. The molecule has 0 radical (unpaired) electrons. The Hall–Kier alpha value is -1.13. The van der Waals surface area contributed by atoms with E-state index in [2.05, 4.69) is 40.7 Å².